The zero-order valence-electron chi connectivity index (χ0n) is 15.8. The summed E-state index contributed by atoms with van der Waals surface area (Å²) in [6.07, 6.45) is -4.80. The molecule has 0 radical (unpaired) electrons. The minimum atomic E-state index is -4.80. The van der Waals surface area contributed by atoms with Crippen molar-refractivity contribution in [2.75, 3.05) is 38.2 Å². The lowest BCUT2D eigenvalue weighted by Crippen LogP contribution is -2.45. The van der Waals surface area contributed by atoms with Crippen LogP contribution in [0.25, 0.3) is 0 Å². The smallest absolute Gasteiger partial charge is 0.406 e. The highest BCUT2D eigenvalue weighted by Gasteiger charge is 2.31. The van der Waals surface area contributed by atoms with Crippen LogP contribution >= 0.6 is 11.3 Å². The highest BCUT2D eigenvalue weighted by Crippen LogP contribution is 2.25. The number of thiophene rings is 1. The molecule has 162 valence electrons. The van der Waals surface area contributed by atoms with E-state index in [2.05, 4.69) is 20.3 Å². The van der Waals surface area contributed by atoms with Gasteiger partial charge in [0.2, 0.25) is 0 Å². The second-order valence-electron chi connectivity index (χ2n) is 6.46. The van der Waals surface area contributed by atoms with E-state index in [1.54, 1.807) is 11.3 Å². The predicted octanol–water partition coefficient (Wildman–Crippen LogP) is 2.77. The Balaban J connectivity index is 1.54. The van der Waals surface area contributed by atoms with Gasteiger partial charge in [0.15, 0.2) is 0 Å². The molecular formula is C19H20F3N3O4S. The minimum absolute atomic E-state index is 0.0873. The third-order valence-corrected chi connectivity index (χ3v) is 5.12. The maximum Gasteiger partial charge on any atom is 0.573 e. The Hall–Kier alpha value is -2.63. The van der Waals surface area contributed by atoms with Crippen LogP contribution in [0.5, 0.6) is 5.75 Å². The number of nitrogens with one attached hydrogen (secondary N) is 2. The molecule has 1 atom stereocenters. The summed E-state index contributed by atoms with van der Waals surface area (Å²) in [7, 11) is 0. The monoisotopic (exact) mass is 443 g/mol. The third-order valence-electron chi connectivity index (χ3n) is 4.42. The summed E-state index contributed by atoms with van der Waals surface area (Å²) in [4.78, 5) is 26.5. The normalized spacial score (nSPS) is 16.0. The average molecular weight is 443 g/mol. The number of ether oxygens (including phenoxy) is 2. The quantitative estimate of drug-likeness (QED) is 0.672. The summed E-state index contributed by atoms with van der Waals surface area (Å²) in [6, 6.07) is 6.41. The van der Waals surface area contributed by atoms with E-state index in [-0.39, 0.29) is 18.3 Å². The van der Waals surface area contributed by atoms with Gasteiger partial charge in [-0.3, -0.25) is 14.5 Å². The van der Waals surface area contributed by atoms with Crippen molar-refractivity contribution in [2.45, 2.75) is 12.4 Å². The molecule has 2 heterocycles. The molecule has 1 saturated heterocycles. The van der Waals surface area contributed by atoms with Crippen molar-refractivity contribution in [3.05, 3.63) is 46.7 Å². The van der Waals surface area contributed by atoms with Crippen molar-refractivity contribution < 1.29 is 32.2 Å². The zero-order chi connectivity index (χ0) is 21.6. The van der Waals surface area contributed by atoms with E-state index in [1.807, 2.05) is 16.8 Å². The first-order valence-electron chi connectivity index (χ1n) is 9.11. The van der Waals surface area contributed by atoms with E-state index in [4.69, 9.17) is 4.74 Å². The van der Waals surface area contributed by atoms with Gasteiger partial charge in [0, 0.05) is 25.3 Å². The molecule has 1 aromatic heterocycles. The van der Waals surface area contributed by atoms with Gasteiger partial charge in [-0.05, 0) is 46.7 Å². The van der Waals surface area contributed by atoms with Crippen LogP contribution in [-0.4, -0.2) is 55.9 Å². The molecule has 0 aliphatic carbocycles. The summed E-state index contributed by atoms with van der Waals surface area (Å²) in [5.41, 5.74) is 1.22. The first kappa shape index (κ1) is 22.1. The van der Waals surface area contributed by atoms with Crippen LogP contribution in [-0.2, 0) is 14.3 Å². The van der Waals surface area contributed by atoms with E-state index < -0.39 is 23.9 Å². The number of halogens is 3. The molecule has 1 aliphatic heterocycles. The lowest BCUT2D eigenvalue weighted by molar-refractivity contribution is -0.274. The van der Waals surface area contributed by atoms with Gasteiger partial charge in [-0.15, -0.1) is 13.2 Å². The predicted molar refractivity (Wildman–Crippen MR) is 104 cm³/mol. The Morgan fingerprint density at radius 3 is 2.43 bits per heavy atom. The number of carbonyl (C=O) groups is 2. The summed E-state index contributed by atoms with van der Waals surface area (Å²) < 4.78 is 45.7. The minimum Gasteiger partial charge on any atom is -0.406 e. The van der Waals surface area contributed by atoms with E-state index in [0.717, 1.165) is 30.8 Å². The van der Waals surface area contributed by atoms with Crippen molar-refractivity contribution in [2.24, 2.45) is 0 Å². The van der Waals surface area contributed by atoms with Gasteiger partial charge < -0.3 is 20.1 Å². The van der Waals surface area contributed by atoms with Gasteiger partial charge in [0.1, 0.15) is 5.75 Å². The number of alkyl halides is 3. The van der Waals surface area contributed by atoms with Crippen LogP contribution in [0.15, 0.2) is 41.1 Å². The van der Waals surface area contributed by atoms with Crippen LogP contribution in [0.3, 0.4) is 0 Å². The molecule has 1 aliphatic rings. The molecule has 7 nitrogen and oxygen atoms in total. The Labute approximate surface area is 174 Å². The third kappa shape index (κ3) is 6.44. The molecule has 0 saturated carbocycles. The van der Waals surface area contributed by atoms with E-state index in [1.165, 1.54) is 12.1 Å². The van der Waals surface area contributed by atoms with Gasteiger partial charge in [-0.25, -0.2) is 0 Å². The Bertz CT molecular complexity index is 838. The Morgan fingerprint density at radius 1 is 1.13 bits per heavy atom. The van der Waals surface area contributed by atoms with E-state index >= 15 is 0 Å². The van der Waals surface area contributed by atoms with Crippen LogP contribution < -0.4 is 15.4 Å². The molecule has 3 rings (SSSR count). The van der Waals surface area contributed by atoms with Crippen LogP contribution in [0, 0.1) is 0 Å². The average Bonchev–Trinajstić information content (AvgIpc) is 3.23. The van der Waals surface area contributed by atoms with E-state index in [9.17, 15) is 22.8 Å². The number of hydrogen-bond acceptors (Lipinski definition) is 6. The number of benzene rings is 1. The Morgan fingerprint density at radius 2 is 1.83 bits per heavy atom. The number of morpholine rings is 1. The second-order valence-corrected chi connectivity index (χ2v) is 7.24. The van der Waals surface area contributed by atoms with Crippen LogP contribution in [0.1, 0.15) is 11.6 Å². The topological polar surface area (TPSA) is 79.9 Å². The molecule has 30 heavy (non-hydrogen) atoms. The van der Waals surface area contributed by atoms with Crippen LogP contribution in [0.4, 0.5) is 18.9 Å². The molecule has 1 aromatic carbocycles. The van der Waals surface area contributed by atoms with Crippen molar-refractivity contribution in [1.82, 2.24) is 10.2 Å². The fraction of sp³-hybridized carbons (Fsp3) is 0.368. The van der Waals surface area contributed by atoms with Crippen molar-refractivity contribution in [3.8, 4) is 5.75 Å². The highest BCUT2D eigenvalue weighted by molar-refractivity contribution is 7.08. The molecule has 0 unspecified atom stereocenters. The second kappa shape index (κ2) is 9.92. The Kier molecular flexibility index (Phi) is 7.29. The van der Waals surface area contributed by atoms with Gasteiger partial charge in [0.05, 0.1) is 19.3 Å². The lowest BCUT2D eigenvalue weighted by Gasteiger charge is -2.34. The number of anilines is 1. The summed E-state index contributed by atoms with van der Waals surface area (Å²) in [6.45, 7) is 2.87. The fourth-order valence-electron chi connectivity index (χ4n) is 3.01. The highest BCUT2D eigenvalue weighted by atomic mass is 32.1. The SMILES string of the molecule is O=C(NC[C@@H](c1ccsc1)N1CCOCC1)C(=O)Nc1ccc(OC(F)(F)F)cc1. The van der Waals surface area contributed by atoms with Gasteiger partial charge in [-0.1, -0.05) is 0 Å². The molecule has 0 bridgehead atoms. The van der Waals surface area contributed by atoms with Crippen molar-refractivity contribution in [3.63, 3.8) is 0 Å². The maximum atomic E-state index is 12.2. The number of nitrogens with zero attached hydrogens (tertiary/aromatic N) is 1. The van der Waals surface area contributed by atoms with Crippen molar-refractivity contribution >= 4 is 28.8 Å². The summed E-state index contributed by atoms with van der Waals surface area (Å²) in [5, 5.41) is 8.92. The first-order valence-corrected chi connectivity index (χ1v) is 10.0. The molecule has 11 heteroatoms. The van der Waals surface area contributed by atoms with Crippen LogP contribution in [0.2, 0.25) is 0 Å². The number of hydrogen-bond donors (Lipinski definition) is 2. The lowest BCUT2D eigenvalue weighted by atomic mass is 10.1. The van der Waals surface area contributed by atoms with Gasteiger partial charge in [-0.2, -0.15) is 11.3 Å². The zero-order valence-corrected chi connectivity index (χ0v) is 16.6. The van der Waals surface area contributed by atoms with Gasteiger partial charge in [0.25, 0.3) is 0 Å². The molecule has 0 spiro atoms. The molecule has 2 amide bonds. The summed E-state index contributed by atoms with van der Waals surface area (Å²) in [5.74, 6) is -2.17. The van der Waals surface area contributed by atoms with E-state index in [0.29, 0.717) is 13.2 Å². The fourth-order valence-corrected chi connectivity index (χ4v) is 3.72. The standard InChI is InChI=1S/C19H20F3N3O4S/c20-19(21,22)29-15-3-1-14(2-4-15)24-18(27)17(26)23-11-16(13-5-10-30-12-13)25-6-8-28-9-7-25/h1-5,10,12,16H,6-9,11H2,(H,23,26)(H,24,27)/t16-/m0/s1. The van der Waals surface area contributed by atoms with Crippen molar-refractivity contribution in [1.29, 1.82) is 0 Å². The van der Waals surface area contributed by atoms with Gasteiger partial charge >= 0.3 is 18.2 Å². The number of amides is 2. The summed E-state index contributed by atoms with van der Waals surface area (Å²) >= 11 is 1.55. The largest absolute Gasteiger partial charge is 0.573 e. The molecule has 2 aromatic rings. The molecule has 2 N–H and O–H groups in total. The first-order chi connectivity index (χ1) is 14.3. The maximum absolute atomic E-state index is 12.2. The molecular weight excluding hydrogens is 423 g/mol. The number of carbonyl (C=O) groups excluding carboxylic acids is 2. The number of rotatable bonds is 6. The molecule has 1 fully saturated rings.